The van der Waals surface area contributed by atoms with E-state index >= 15 is 0 Å². The van der Waals surface area contributed by atoms with Crippen molar-refractivity contribution in [3.8, 4) is 0 Å². The molecule has 0 aromatic carbocycles. The molecule has 2 aliphatic rings. The summed E-state index contributed by atoms with van der Waals surface area (Å²) in [6.45, 7) is 5.19. The third kappa shape index (κ3) is 1.85. The standard InChI is InChI=1S/C14H26S/c1-13-8-4-5-10-14(13,2)12(11-15-3)7-6-9-13/h12H,4-11H2,1-3H3/t12?,13-,14+/m1/s1. The van der Waals surface area contributed by atoms with Crippen LogP contribution in [0.2, 0.25) is 0 Å². The number of fused-ring (bicyclic) bond motifs is 1. The fraction of sp³-hybridized carbons (Fsp3) is 1.00. The minimum atomic E-state index is 0.659. The topological polar surface area (TPSA) is 0 Å². The average Bonchev–Trinajstić information content (AvgIpc) is 2.21. The van der Waals surface area contributed by atoms with Crippen molar-refractivity contribution in [1.82, 2.24) is 0 Å². The molecule has 88 valence electrons. The number of hydrogen-bond acceptors (Lipinski definition) is 1. The molecule has 0 bridgehead atoms. The van der Waals surface area contributed by atoms with E-state index in [1.165, 1.54) is 50.7 Å². The first-order valence-corrected chi connectivity index (χ1v) is 8.01. The van der Waals surface area contributed by atoms with Gasteiger partial charge in [-0.25, -0.2) is 0 Å². The van der Waals surface area contributed by atoms with Crippen LogP contribution in [-0.2, 0) is 0 Å². The van der Waals surface area contributed by atoms with Crippen LogP contribution in [0.3, 0.4) is 0 Å². The van der Waals surface area contributed by atoms with E-state index in [0.717, 1.165) is 5.92 Å². The second-order valence-electron chi connectivity index (χ2n) is 6.23. The molecule has 15 heavy (non-hydrogen) atoms. The van der Waals surface area contributed by atoms with Gasteiger partial charge in [-0.2, -0.15) is 11.8 Å². The molecule has 0 nitrogen and oxygen atoms in total. The molecule has 1 heteroatoms. The van der Waals surface area contributed by atoms with Gasteiger partial charge < -0.3 is 0 Å². The summed E-state index contributed by atoms with van der Waals surface area (Å²) < 4.78 is 0. The molecule has 2 rings (SSSR count). The molecular weight excluding hydrogens is 200 g/mol. The van der Waals surface area contributed by atoms with Crippen molar-refractivity contribution in [2.45, 2.75) is 58.8 Å². The number of thioether (sulfide) groups is 1. The molecule has 0 aromatic rings. The Hall–Kier alpha value is 0.350. The molecule has 2 aliphatic carbocycles. The largest absolute Gasteiger partial charge is 0.165 e. The summed E-state index contributed by atoms with van der Waals surface area (Å²) in [6.07, 6.45) is 12.7. The summed E-state index contributed by atoms with van der Waals surface area (Å²) in [5, 5.41) is 0. The Balaban J connectivity index is 2.21. The van der Waals surface area contributed by atoms with Crippen LogP contribution in [0.25, 0.3) is 0 Å². The highest BCUT2D eigenvalue weighted by molar-refractivity contribution is 7.98. The SMILES string of the molecule is CSCC1CCC[C@@]2(C)CCCC[C@@]12C. The summed E-state index contributed by atoms with van der Waals surface area (Å²) in [7, 11) is 0. The minimum Gasteiger partial charge on any atom is -0.165 e. The van der Waals surface area contributed by atoms with E-state index in [4.69, 9.17) is 0 Å². The van der Waals surface area contributed by atoms with Crippen LogP contribution in [0.5, 0.6) is 0 Å². The van der Waals surface area contributed by atoms with Gasteiger partial charge in [0.25, 0.3) is 0 Å². The Morgan fingerprint density at radius 1 is 1.07 bits per heavy atom. The molecule has 0 saturated heterocycles. The van der Waals surface area contributed by atoms with Crippen molar-refractivity contribution >= 4 is 11.8 Å². The zero-order valence-electron chi connectivity index (χ0n) is 10.6. The van der Waals surface area contributed by atoms with Crippen molar-refractivity contribution in [2.75, 3.05) is 12.0 Å². The fourth-order valence-electron chi connectivity index (χ4n) is 4.23. The maximum Gasteiger partial charge on any atom is -0.00365 e. The lowest BCUT2D eigenvalue weighted by Crippen LogP contribution is -2.49. The molecule has 2 fully saturated rings. The van der Waals surface area contributed by atoms with E-state index in [0.29, 0.717) is 10.8 Å². The summed E-state index contributed by atoms with van der Waals surface area (Å²) >= 11 is 2.06. The van der Waals surface area contributed by atoms with Crippen LogP contribution in [0.1, 0.15) is 58.8 Å². The molecule has 3 atom stereocenters. The first kappa shape index (κ1) is 11.8. The highest BCUT2D eigenvalue weighted by Gasteiger charge is 2.51. The molecule has 0 aliphatic heterocycles. The Bertz CT molecular complexity index is 219. The maximum absolute atomic E-state index is 2.60. The minimum absolute atomic E-state index is 0.659. The summed E-state index contributed by atoms with van der Waals surface area (Å²) in [4.78, 5) is 0. The van der Waals surface area contributed by atoms with Crippen LogP contribution < -0.4 is 0 Å². The molecule has 0 amide bonds. The molecule has 0 N–H and O–H groups in total. The van der Waals surface area contributed by atoms with Gasteiger partial charge in [0.2, 0.25) is 0 Å². The first-order valence-electron chi connectivity index (χ1n) is 6.61. The van der Waals surface area contributed by atoms with E-state index in [-0.39, 0.29) is 0 Å². The van der Waals surface area contributed by atoms with E-state index in [1.807, 2.05) is 0 Å². The highest BCUT2D eigenvalue weighted by atomic mass is 32.2. The van der Waals surface area contributed by atoms with E-state index < -0.39 is 0 Å². The highest BCUT2D eigenvalue weighted by Crippen LogP contribution is 2.61. The van der Waals surface area contributed by atoms with Gasteiger partial charge in [-0.3, -0.25) is 0 Å². The van der Waals surface area contributed by atoms with Gasteiger partial charge in [0.15, 0.2) is 0 Å². The predicted molar refractivity (Wildman–Crippen MR) is 70.4 cm³/mol. The third-order valence-electron chi connectivity index (χ3n) is 5.60. The normalized spacial score (nSPS) is 46.2. The lowest BCUT2D eigenvalue weighted by atomic mass is 9.48. The molecule has 2 saturated carbocycles. The fourth-order valence-corrected chi connectivity index (χ4v) is 5.16. The Morgan fingerprint density at radius 3 is 2.47 bits per heavy atom. The summed E-state index contributed by atoms with van der Waals surface area (Å²) in [5.41, 5.74) is 1.33. The van der Waals surface area contributed by atoms with Crippen LogP contribution in [0.4, 0.5) is 0 Å². The van der Waals surface area contributed by atoms with Crippen molar-refractivity contribution in [2.24, 2.45) is 16.7 Å². The van der Waals surface area contributed by atoms with Gasteiger partial charge in [0, 0.05) is 0 Å². The lowest BCUT2D eigenvalue weighted by Gasteiger charge is -2.58. The van der Waals surface area contributed by atoms with E-state index in [9.17, 15) is 0 Å². The van der Waals surface area contributed by atoms with Crippen LogP contribution in [0, 0.1) is 16.7 Å². The predicted octanol–water partition coefficient (Wildman–Crippen LogP) is 4.74. The molecule has 0 spiro atoms. The van der Waals surface area contributed by atoms with Crippen molar-refractivity contribution in [3.05, 3.63) is 0 Å². The van der Waals surface area contributed by atoms with Gasteiger partial charge in [0.05, 0.1) is 0 Å². The Morgan fingerprint density at radius 2 is 1.73 bits per heavy atom. The van der Waals surface area contributed by atoms with Gasteiger partial charge in [-0.05, 0) is 54.4 Å². The van der Waals surface area contributed by atoms with Gasteiger partial charge in [-0.15, -0.1) is 0 Å². The van der Waals surface area contributed by atoms with E-state index in [2.05, 4.69) is 31.9 Å². The summed E-state index contributed by atoms with van der Waals surface area (Å²) in [6, 6.07) is 0. The second-order valence-corrected chi connectivity index (χ2v) is 7.14. The van der Waals surface area contributed by atoms with Crippen molar-refractivity contribution in [3.63, 3.8) is 0 Å². The van der Waals surface area contributed by atoms with Gasteiger partial charge >= 0.3 is 0 Å². The first-order chi connectivity index (χ1) is 7.12. The zero-order valence-corrected chi connectivity index (χ0v) is 11.5. The smallest absolute Gasteiger partial charge is 0.00365 e. The Kier molecular flexibility index (Phi) is 3.40. The molecular formula is C14H26S. The van der Waals surface area contributed by atoms with E-state index in [1.54, 1.807) is 0 Å². The van der Waals surface area contributed by atoms with Crippen LogP contribution >= 0.6 is 11.8 Å². The lowest BCUT2D eigenvalue weighted by molar-refractivity contribution is -0.0658. The summed E-state index contributed by atoms with van der Waals surface area (Å²) in [5.74, 6) is 2.39. The van der Waals surface area contributed by atoms with Crippen molar-refractivity contribution in [1.29, 1.82) is 0 Å². The number of hydrogen-bond donors (Lipinski definition) is 0. The van der Waals surface area contributed by atoms with Gasteiger partial charge in [-0.1, -0.05) is 33.1 Å². The third-order valence-corrected chi connectivity index (χ3v) is 6.34. The molecule has 0 heterocycles. The number of rotatable bonds is 2. The van der Waals surface area contributed by atoms with Gasteiger partial charge in [0.1, 0.15) is 0 Å². The molecule has 1 unspecified atom stereocenters. The zero-order chi connectivity index (χ0) is 10.9. The monoisotopic (exact) mass is 226 g/mol. The quantitative estimate of drug-likeness (QED) is 0.655. The van der Waals surface area contributed by atoms with Crippen LogP contribution in [0.15, 0.2) is 0 Å². The Labute approximate surface area is 99.6 Å². The van der Waals surface area contributed by atoms with Crippen LogP contribution in [-0.4, -0.2) is 12.0 Å². The molecule has 0 aromatic heterocycles. The molecule has 0 radical (unpaired) electrons. The second kappa shape index (κ2) is 4.31. The maximum atomic E-state index is 2.60. The van der Waals surface area contributed by atoms with Crippen molar-refractivity contribution < 1.29 is 0 Å². The average molecular weight is 226 g/mol.